The SMILES string of the molecule is O=C1CC(c2ccc(F)c(F)c2)CCO1. The van der Waals surface area contributed by atoms with Crippen molar-refractivity contribution in [2.75, 3.05) is 6.61 Å². The summed E-state index contributed by atoms with van der Waals surface area (Å²) in [6.07, 6.45) is 0.905. The average Bonchev–Trinajstić information content (AvgIpc) is 2.22. The van der Waals surface area contributed by atoms with E-state index in [9.17, 15) is 13.6 Å². The lowest BCUT2D eigenvalue weighted by Crippen LogP contribution is -2.19. The molecular weight excluding hydrogens is 202 g/mol. The van der Waals surface area contributed by atoms with E-state index in [1.165, 1.54) is 6.07 Å². The summed E-state index contributed by atoms with van der Waals surface area (Å²) in [6, 6.07) is 3.75. The Balaban J connectivity index is 2.21. The van der Waals surface area contributed by atoms with Crippen LogP contribution in [0.3, 0.4) is 0 Å². The zero-order valence-corrected chi connectivity index (χ0v) is 8.00. The Bertz CT molecular complexity index is 390. The first-order valence-electron chi connectivity index (χ1n) is 4.77. The minimum Gasteiger partial charge on any atom is -0.466 e. The molecule has 0 N–H and O–H groups in total. The van der Waals surface area contributed by atoms with Crippen LogP contribution >= 0.6 is 0 Å². The Morgan fingerprint density at radius 3 is 2.73 bits per heavy atom. The highest BCUT2D eigenvalue weighted by molar-refractivity contribution is 5.71. The van der Waals surface area contributed by atoms with E-state index in [1.807, 2.05) is 0 Å². The van der Waals surface area contributed by atoms with Crippen LogP contribution in [0.25, 0.3) is 0 Å². The average molecular weight is 212 g/mol. The molecular formula is C11H10F2O2. The smallest absolute Gasteiger partial charge is 0.306 e. The summed E-state index contributed by atoms with van der Waals surface area (Å²) < 4.78 is 30.4. The minimum atomic E-state index is -0.869. The second-order valence-corrected chi connectivity index (χ2v) is 3.58. The number of cyclic esters (lactones) is 1. The van der Waals surface area contributed by atoms with Gasteiger partial charge in [-0.1, -0.05) is 6.07 Å². The maximum atomic E-state index is 12.9. The van der Waals surface area contributed by atoms with E-state index in [0.29, 0.717) is 18.6 Å². The van der Waals surface area contributed by atoms with Crippen molar-refractivity contribution in [1.29, 1.82) is 0 Å². The van der Waals surface area contributed by atoms with Gasteiger partial charge in [0, 0.05) is 0 Å². The Labute approximate surface area is 85.9 Å². The summed E-state index contributed by atoms with van der Waals surface area (Å²) in [7, 11) is 0. The summed E-state index contributed by atoms with van der Waals surface area (Å²) in [5.41, 5.74) is 0.658. The fraction of sp³-hybridized carbons (Fsp3) is 0.364. The van der Waals surface area contributed by atoms with Crippen molar-refractivity contribution >= 4 is 5.97 Å². The number of benzene rings is 1. The predicted molar refractivity (Wildman–Crippen MR) is 49.3 cm³/mol. The lowest BCUT2D eigenvalue weighted by atomic mass is 9.91. The lowest BCUT2D eigenvalue weighted by molar-refractivity contribution is -0.147. The molecule has 15 heavy (non-hydrogen) atoms. The number of hydrogen-bond acceptors (Lipinski definition) is 2. The van der Waals surface area contributed by atoms with Crippen LogP contribution in [0, 0.1) is 11.6 Å². The van der Waals surface area contributed by atoms with Gasteiger partial charge in [-0.25, -0.2) is 8.78 Å². The molecule has 1 saturated heterocycles. The number of ether oxygens (including phenoxy) is 1. The van der Waals surface area contributed by atoms with Crippen molar-refractivity contribution in [3.63, 3.8) is 0 Å². The third-order valence-corrected chi connectivity index (χ3v) is 2.56. The molecule has 0 bridgehead atoms. The molecule has 4 heteroatoms. The second kappa shape index (κ2) is 3.96. The van der Waals surface area contributed by atoms with E-state index >= 15 is 0 Å². The Morgan fingerprint density at radius 1 is 1.27 bits per heavy atom. The third kappa shape index (κ3) is 2.14. The van der Waals surface area contributed by atoms with Gasteiger partial charge in [-0.3, -0.25) is 4.79 Å². The van der Waals surface area contributed by atoms with E-state index < -0.39 is 11.6 Å². The molecule has 0 saturated carbocycles. The molecule has 1 atom stereocenters. The van der Waals surface area contributed by atoms with Gasteiger partial charge >= 0.3 is 5.97 Å². The van der Waals surface area contributed by atoms with Crippen LogP contribution in [0.15, 0.2) is 18.2 Å². The van der Waals surface area contributed by atoms with Crippen LogP contribution in [0.1, 0.15) is 24.3 Å². The van der Waals surface area contributed by atoms with E-state index in [-0.39, 0.29) is 18.3 Å². The van der Waals surface area contributed by atoms with Gasteiger partial charge in [0.2, 0.25) is 0 Å². The highest BCUT2D eigenvalue weighted by Crippen LogP contribution is 2.28. The largest absolute Gasteiger partial charge is 0.466 e. The molecule has 1 aromatic carbocycles. The Hall–Kier alpha value is -1.45. The fourth-order valence-corrected chi connectivity index (χ4v) is 1.73. The molecule has 0 radical (unpaired) electrons. The molecule has 1 unspecified atom stereocenters. The van der Waals surface area contributed by atoms with Crippen LogP contribution < -0.4 is 0 Å². The number of carbonyl (C=O) groups excluding carboxylic acids is 1. The van der Waals surface area contributed by atoms with Gasteiger partial charge in [0.25, 0.3) is 0 Å². The van der Waals surface area contributed by atoms with Crippen molar-refractivity contribution in [1.82, 2.24) is 0 Å². The second-order valence-electron chi connectivity index (χ2n) is 3.58. The van der Waals surface area contributed by atoms with Crippen molar-refractivity contribution in [3.8, 4) is 0 Å². The first kappa shape index (κ1) is 10.1. The maximum absolute atomic E-state index is 12.9. The molecule has 1 aromatic rings. The van der Waals surface area contributed by atoms with Gasteiger partial charge in [0.1, 0.15) is 0 Å². The molecule has 1 aliphatic rings. The molecule has 1 aliphatic heterocycles. The summed E-state index contributed by atoms with van der Waals surface area (Å²) in [4.78, 5) is 11.0. The number of rotatable bonds is 1. The molecule has 1 heterocycles. The van der Waals surface area contributed by atoms with Crippen LogP contribution in [0.4, 0.5) is 8.78 Å². The summed E-state index contributed by atoms with van der Waals surface area (Å²) >= 11 is 0. The van der Waals surface area contributed by atoms with Gasteiger partial charge in [-0.2, -0.15) is 0 Å². The maximum Gasteiger partial charge on any atom is 0.306 e. The van der Waals surface area contributed by atoms with Gasteiger partial charge in [0.15, 0.2) is 11.6 Å². The molecule has 0 amide bonds. The lowest BCUT2D eigenvalue weighted by Gasteiger charge is -2.21. The Morgan fingerprint density at radius 2 is 2.07 bits per heavy atom. The highest BCUT2D eigenvalue weighted by Gasteiger charge is 2.22. The fourth-order valence-electron chi connectivity index (χ4n) is 1.73. The van der Waals surface area contributed by atoms with Crippen molar-refractivity contribution in [2.45, 2.75) is 18.8 Å². The summed E-state index contributed by atoms with van der Waals surface area (Å²) in [5.74, 6) is -2.07. The quantitative estimate of drug-likeness (QED) is 0.668. The monoisotopic (exact) mass is 212 g/mol. The molecule has 0 aromatic heterocycles. The normalized spacial score (nSPS) is 21.2. The number of hydrogen-bond donors (Lipinski definition) is 0. The molecule has 0 spiro atoms. The zero-order chi connectivity index (χ0) is 10.8. The summed E-state index contributed by atoms with van der Waals surface area (Å²) in [5, 5.41) is 0. The van der Waals surface area contributed by atoms with Crippen molar-refractivity contribution in [2.24, 2.45) is 0 Å². The van der Waals surface area contributed by atoms with Gasteiger partial charge < -0.3 is 4.74 Å². The van der Waals surface area contributed by atoms with Crippen LogP contribution in [0.2, 0.25) is 0 Å². The van der Waals surface area contributed by atoms with Gasteiger partial charge in [-0.05, 0) is 30.0 Å². The molecule has 2 nitrogen and oxygen atoms in total. The molecule has 0 aliphatic carbocycles. The first-order chi connectivity index (χ1) is 7.16. The minimum absolute atomic E-state index is 0.0543. The number of esters is 1. The predicted octanol–water partition coefficient (Wildman–Crippen LogP) is 2.39. The third-order valence-electron chi connectivity index (χ3n) is 2.56. The standard InChI is InChI=1S/C11H10F2O2/c12-9-2-1-7(5-10(9)13)8-3-4-15-11(14)6-8/h1-2,5,8H,3-4,6H2. The van der Waals surface area contributed by atoms with Gasteiger partial charge in [-0.15, -0.1) is 0 Å². The number of carbonyl (C=O) groups is 1. The molecule has 1 fully saturated rings. The molecule has 2 rings (SSSR count). The summed E-state index contributed by atoms with van der Waals surface area (Å²) in [6.45, 7) is 0.350. The van der Waals surface area contributed by atoms with Crippen molar-refractivity contribution < 1.29 is 18.3 Å². The highest BCUT2D eigenvalue weighted by atomic mass is 19.2. The van der Waals surface area contributed by atoms with Crippen LogP contribution in [0.5, 0.6) is 0 Å². The van der Waals surface area contributed by atoms with E-state index in [0.717, 1.165) is 12.1 Å². The van der Waals surface area contributed by atoms with Crippen LogP contribution in [-0.4, -0.2) is 12.6 Å². The number of halogens is 2. The zero-order valence-electron chi connectivity index (χ0n) is 8.00. The van der Waals surface area contributed by atoms with E-state index in [1.54, 1.807) is 0 Å². The first-order valence-corrected chi connectivity index (χ1v) is 4.77. The van der Waals surface area contributed by atoms with Crippen LogP contribution in [-0.2, 0) is 9.53 Å². The van der Waals surface area contributed by atoms with Crippen molar-refractivity contribution in [3.05, 3.63) is 35.4 Å². The van der Waals surface area contributed by atoms with E-state index in [2.05, 4.69) is 0 Å². The van der Waals surface area contributed by atoms with E-state index in [4.69, 9.17) is 4.74 Å². The molecule has 80 valence electrons. The Kier molecular flexibility index (Phi) is 2.66. The topological polar surface area (TPSA) is 26.3 Å². The van der Waals surface area contributed by atoms with Gasteiger partial charge in [0.05, 0.1) is 13.0 Å².